The van der Waals surface area contributed by atoms with E-state index in [1.807, 2.05) is 0 Å². The first-order valence-corrected chi connectivity index (χ1v) is 6.75. The summed E-state index contributed by atoms with van der Waals surface area (Å²) in [5, 5.41) is 13.9. The lowest BCUT2D eigenvalue weighted by molar-refractivity contribution is -0.385. The normalized spacial score (nSPS) is 16.3. The molecule has 1 N–H and O–H groups in total. The topological polar surface area (TPSA) is 71.3 Å². The van der Waals surface area contributed by atoms with Gasteiger partial charge < -0.3 is 10.2 Å². The standard InChI is InChI=1S/C13H20N4O2/c1-11-12(17(18)19)5-6-13(15-11)14-7-10-16-8-3-2-4-9-16/h5-6H,2-4,7-10H2,1H3,(H,14,15). The van der Waals surface area contributed by atoms with E-state index in [2.05, 4.69) is 15.2 Å². The highest BCUT2D eigenvalue weighted by Crippen LogP contribution is 2.17. The SMILES string of the molecule is Cc1nc(NCCN2CCCCC2)ccc1[N+](=O)[O-]. The Morgan fingerprint density at radius 2 is 2.11 bits per heavy atom. The summed E-state index contributed by atoms with van der Waals surface area (Å²) < 4.78 is 0. The molecule has 0 aromatic carbocycles. The van der Waals surface area contributed by atoms with Gasteiger partial charge in [0.15, 0.2) is 0 Å². The minimum atomic E-state index is -0.403. The first kappa shape index (κ1) is 13.7. The zero-order valence-corrected chi connectivity index (χ0v) is 11.3. The number of likely N-dealkylation sites (tertiary alicyclic amines) is 1. The third-order valence-corrected chi connectivity index (χ3v) is 3.44. The van der Waals surface area contributed by atoms with Gasteiger partial charge in [-0.3, -0.25) is 10.1 Å². The molecule has 104 valence electrons. The van der Waals surface area contributed by atoms with Crippen molar-refractivity contribution in [2.24, 2.45) is 0 Å². The third kappa shape index (κ3) is 3.89. The van der Waals surface area contributed by atoms with Crippen molar-refractivity contribution in [3.63, 3.8) is 0 Å². The number of pyridine rings is 1. The smallest absolute Gasteiger partial charge is 0.290 e. The number of anilines is 1. The Morgan fingerprint density at radius 3 is 2.74 bits per heavy atom. The van der Waals surface area contributed by atoms with Gasteiger partial charge in [0.2, 0.25) is 0 Å². The third-order valence-electron chi connectivity index (χ3n) is 3.44. The molecular formula is C13H20N4O2. The van der Waals surface area contributed by atoms with E-state index < -0.39 is 4.92 Å². The minimum Gasteiger partial charge on any atom is -0.369 e. The zero-order chi connectivity index (χ0) is 13.7. The van der Waals surface area contributed by atoms with Crippen molar-refractivity contribution in [2.75, 3.05) is 31.5 Å². The molecule has 19 heavy (non-hydrogen) atoms. The Morgan fingerprint density at radius 1 is 1.37 bits per heavy atom. The number of aromatic nitrogens is 1. The predicted molar refractivity (Wildman–Crippen MR) is 74.4 cm³/mol. The van der Waals surface area contributed by atoms with Crippen LogP contribution in [0.5, 0.6) is 0 Å². The Kier molecular flexibility index (Phi) is 4.68. The highest BCUT2D eigenvalue weighted by molar-refractivity contribution is 5.44. The van der Waals surface area contributed by atoms with Gasteiger partial charge in [0, 0.05) is 19.2 Å². The van der Waals surface area contributed by atoms with Gasteiger partial charge in [-0.2, -0.15) is 0 Å². The van der Waals surface area contributed by atoms with Crippen molar-refractivity contribution in [3.8, 4) is 0 Å². The lowest BCUT2D eigenvalue weighted by atomic mass is 10.1. The average molecular weight is 264 g/mol. The van der Waals surface area contributed by atoms with E-state index >= 15 is 0 Å². The largest absolute Gasteiger partial charge is 0.369 e. The number of nitrogens with zero attached hydrogens (tertiary/aromatic N) is 3. The quantitative estimate of drug-likeness (QED) is 0.652. The second-order valence-electron chi connectivity index (χ2n) is 4.89. The van der Waals surface area contributed by atoms with Crippen LogP contribution in [0.3, 0.4) is 0 Å². The Balaban J connectivity index is 1.82. The summed E-state index contributed by atoms with van der Waals surface area (Å²) in [6, 6.07) is 3.17. The molecule has 1 fully saturated rings. The molecule has 6 nitrogen and oxygen atoms in total. The predicted octanol–water partition coefficient (Wildman–Crippen LogP) is 2.20. The molecule has 1 aliphatic rings. The fourth-order valence-electron chi connectivity index (χ4n) is 2.37. The second-order valence-corrected chi connectivity index (χ2v) is 4.89. The lowest BCUT2D eigenvalue weighted by Crippen LogP contribution is -2.33. The molecule has 2 heterocycles. The Hall–Kier alpha value is -1.69. The summed E-state index contributed by atoms with van der Waals surface area (Å²) in [5.41, 5.74) is 0.523. The van der Waals surface area contributed by atoms with Crippen LogP contribution < -0.4 is 5.32 Å². The van der Waals surface area contributed by atoms with E-state index in [0.717, 1.165) is 13.1 Å². The van der Waals surface area contributed by atoms with Gasteiger partial charge in [0.05, 0.1) is 4.92 Å². The molecule has 1 aliphatic heterocycles. The molecule has 0 amide bonds. The number of piperidine rings is 1. The van der Waals surface area contributed by atoms with Gasteiger partial charge in [0.1, 0.15) is 11.5 Å². The number of nitrogens with one attached hydrogen (secondary N) is 1. The first-order valence-electron chi connectivity index (χ1n) is 6.75. The fourth-order valence-corrected chi connectivity index (χ4v) is 2.37. The Bertz CT molecular complexity index is 444. The molecular weight excluding hydrogens is 244 g/mol. The van der Waals surface area contributed by atoms with Crippen molar-refractivity contribution < 1.29 is 4.92 Å². The van der Waals surface area contributed by atoms with Crippen LogP contribution in [0.1, 0.15) is 25.0 Å². The monoisotopic (exact) mass is 264 g/mol. The van der Waals surface area contributed by atoms with Crippen molar-refractivity contribution >= 4 is 11.5 Å². The maximum Gasteiger partial charge on any atom is 0.290 e. The molecule has 0 bridgehead atoms. The van der Waals surface area contributed by atoms with E-state index in [1.54, 1.807) is 13.0 Å². The van der Waals surface area contributed by atoms with Crippen LogP contribution >= 0.6 is 0 Å². The molecule has 6 heteroatoms. The number of aryl methyl sites for hydroxylation is 1. The van der Waals surface area contributed by atoms with Crippen LogP contribution in [-0.4, -0.2) is 41.0 Å². The molecule has 0 saturated carbocycles. The number of hydrogen-bond donors (Lipinski definition) is 1. The van der Waals surface area contributed by atoms with Crippen molar-refractivity contribution in [1.82, 2.24) is 9.88 Å². The molecule has 1 aromatic heterocycles. The van der Waals surface area contributed by atoms with E-state index in [-0.39, 0.29) is 5.69 Å². The van der Waals surface area contributed by atoms with E-state index in [4.69, 9.17) is 0 Å². The van der Waals surface area contributed by atoms with Gasteiger partial charge in [-0.05, 0) is 38.9 Å². The summed E-state index contributed by atoms with van der Waals surface area (Å²) in [5.74, 6) is 0.708. The van der Waals surface area contributed by atoms with Crippen LogP contribution in [0.25, 0.3) is 0 Å². The van der Waals surface area contributed by atoms with Gasteiger partial charge in [-0.15, -0.1) is 0 Å². The molecule has 0 atom stereocenters. The van der Waals surface area contributed by atoms with E-state index in [0.29, 0.717) is 11.5 Å². The van der Waals surface area contributed by atoms with E-state index in [9.17, 15) is 10.1 Å². The highest BCUT2D eigenvalue weighted by atomic mass is 16.6. The average Bonchev–Trinajstić information content (AvgIpc) is 2.39. The van der Waals surface area contributed by atoms with Crippen molar-refractivity contribution in [3.05, 3.63) is 27.9 Å². The molecule has 1 aromatic rings. The number of nitro groups is 1. The number of rotatable bonds is 5. The maximum absolute atomic E-state index is 10.7. The molecule has 1 saturated heterocycles. The summed E-state index contributed by atoms with van der Waals surface area (Å²) >= 11 is 0. The highest BCUT2D eigenvalue weighted by Gasteiger charge is 2.12. The number of hydrogen-bond acceptors (Lipinski definition) is 5. The second kappa shape index (κ2) is 6.47. The maximum atomic E-state index is 10.7. The summed E-state index contributed by atoms with van der Waals surface area (Å²) in [4.78, 5) is 16.9. The fraction of sp³-hybridized carbons (Fsp3) is 0.615. The molecule has 0 aliphatic carbocycles. The van der Waals surface area contributed by atoms with Gasteiger partial charge in [0.25, 0.3) is 5.69 Å². The van der Waals surface area contributed by atoms with Crippen LogP contribution in [0, 0.1) is 17.0 Å². The summed E-state index contributed by atoms with van der Waals surface area (Å²) in [7, 11) is 0. The van der Waals surface area contributed by atoms with Crippen LogP contribution in [0.15, 0.2) is 12.1 Å². The molecule has 0 spiro atoms. The Labute approximate surface area is 113 Å². The zero-order valence-electron chi connectivity index (χ0n) is 11.3. The van der Waals surface area contributed by atoms with Crippen molar-refractivity contribution in [2.45, 2.75) is 26.2 Å². The van der Waals surface area contributed by atoms with Crippen LogP contribution in [-0.2, 0) is 0 Å². The molecule has 2 rings (SSSR count). The lowest BCUT2D eigenvalue weighted by Gasteiger charge is -2.26. The van der Waals surface area contributed by atoms with Crippen LogP contribution in [0.4, 0.5) is 11.5 Å². The van der Waals surface area contributed by atoms with Crippen LogP contribution in [0.2, 0.25) is 0 Å². The van der Waals surface area contributed by atoms with Crippen molar-refractivity contribution in [1.29, 1.82) is 0 Å². The molecule has 0 radical (unpaired) electrons. The van der Waals surface area contributed by atoms with E-state index in [1.165, 1.54) is 38.4 Å². The summed E-state index contributed by atoms with van der Waals surface area (Å²) in [6.07, 6.45) is 3.91. The van der Waals surface area contributed by atoms with Gasteiger partial charge in [-0.1, -0.05) is 6.42 Å². The van der Waals surface area contributed by atoms with Gasteiger partial charge >= 0.3 is 0 Å². The van der Waals surface area contributed by atoms with Gasteiger partial charge in [-0.25, -0.2) is 4.98 Å². The minimum absolute atomic E-state index is 0.0709. The summed E-state index contributed by atoms with van der Waals surface area (Å²) in [6.45, 7) is 5.83. The first-order chi connectivity index (χ1) is 9.16. The molecule has 0 unspecified atom stereocenters.